The fourth-order valence-corrected chi connectivity index (χ4v) is 1.87. The Balaban J connectivity index is 2.44. The Morgan fingerprint density at radius 3 is 2.83 bits per heavy atom. The summed E-state index contributed by atoms with van der Waals surface area (Å²) >= 11 is 3.18. The number of halogens is 1. The molecule has 0 unspecified atom stereocenters. The molecule has 7 heteroatoms. The summed E-state index contributed by atoms with van der Waals surface area (Å²) in [6.07, 6.45) is 2.74. The Labute approximate surface area is 110 Å². The van der Waals surface area contributed by atoms with E-state index in [1.807, 2.05) is 0 Å². The normalized spacial score (nSPS) is 10.3. The van der Waals surface area contributed by atoms with Crippen LogP contribution in [-0.4, -0.2) is 14.5 Å². The number of hydrogen-bond acceptors (Lipinski definition) is 4. The molecule has 0 saturated heterocycles. The Kier molecular flexibility index (Phi) is 3.52. The van der Waals surface area contributed by atoms with Gasteiger partial charge in [-0.05, 0) is 12.1 Å². The fraction of sp³-hybridized carbons (Fsp3) is 0.0909. The molecular weight excluding hydrogens is 302 g/mol. The molecule has 6 nitrogen and oxygen atoms in total. The molecule has 0 aliphatic heterocycles. The van der Waals surface area contributed by atoms with Crippen LogP contribution in [-0.2, 0) is 6.54 Å². The maximum atomic E-state index is 11.5. The first-order valence-electron chi connectivity index (χ1n) is 5.01. The Bertz CT molecular complexity index is 654. The first-order valence-corrected chi connectivity index (χ1v) is 5.80. The Morgan fingerprint density at radius 1 is 1.39 bits per heavy atom. The second-order valence-corrected chi connectivity index (χ2v) is 4.49. The molecule has 0 radical (unpaired) electrons. The summed E-state index contributed by atoms with van der Waals surface area (Å²) in [6.45, 7) is 0.121. The van der Waals surface area contributed by atoms with Crippen LogP contribution in [0.3, 0.4) is 0 Å². The summed E-state index contributed by atoms with van der Waals surface area (Å²) < 4.78 is 1.94. The van der Waals surface area contributed by atoms with Gasteiger partial charge < -0.3 is 0 Å². The zero-order valence-corrected chi connectivity index (χ0v) is 10.7. The van der Waals surface area contributed by atoms with Crippen LogP contribution in [0.15, 0.2) is 46.1 Å². The highest BCUT2D eigenvalue weighted by Gasteiger charge is 2.14. The van der Waals surface area contributed by atoms with Crippen LogP contribution in [0.4, 0.5) is 5.69 Å². The minimum absolute atomic E-state index is 0.0277. The van der Waals surface area contributed by atoms with Crippen molar-refractivity contribution in [3.63, 3.8) is 0 Å². The molecule has 92 valence electrons. The molecule has 0 N–H and O–H groups in total. The van der Waals surface area contributed by atoms with Gasteiger partial charge in [-0.1, -0.05) is 15.9 Å². The van der Waals surface area contributed by atoms with E-state index >= 15 is 0 Å². The summed E-state index contributed by atoms with van der Waals surface area (Å²) in [5, 5.41) is 10.9. The molecule has 0 atom stereocenters. The number of nitro groups is 1. The maximum absolute atomic E-state index is 11.5. The summed E-state index contributed by atoms with van der Waals surface area (Å²) in [6, 6.07) is 6.03. The van der Waals surface area contributed by atoms with Gasteiger partial charge >= 0.3 is 0 Å². The van der Waals surface area contributed by atoms with E-state index in [1.54, 1.807) is 12.1 Å². The second kappa shape index (κ2) is 5.09. The van der Waals surface area contributed by atoms with Crippen LogP contribution < -0.4 is 5.56 Å². The van der Waals surface area contributed by atoms with Crippen molar-refractivity contribution in [2.75, 3.05) is 0 Å². The van der Waals surface area contributed by atoms with Crippen molar-refractivity contribution < 1.29 is 4.92 Å². The molecule has 0 spiro atoms. The van der Waals surface area contributed by atoms with Crippen molar-refractivity contribution in [1.82, 2.24) is 9.55 Å². The van der Waals surface area contributed by atoms with Crippen LogP contribution in [0.25, 0.3) is 0 Å². The summed E-state index contributed by atoms with van der Waals surface area (Å²) in [4.78, 5) is 25.8. The highest BCUT2D eigenvalue weighted by molar-refractivity contribution is 9.10. The predicted molar refractivity (Wildman–Crippen MR) is 68.4 cm³/mol. The molecule has 0 aliphatic rings. The van der Waals surface area contributed by atoms with Gasteiger partial charge in [0.15, 0.2) is 0 Å². The average molecular weight is 310 g/mol. The summed E-state index contributed by atoms with van der Waals surface area (Å²) in [7, 11) is 0. The largest absolute Gasteiger partial charge is 0.295 e. The molecule has 2 aromatic rings. The molecule has 0 saturated carbocycles. The second-order valence-electron chi connectivity index (χ2n) is 3.58. The van der Waals surface area contributed by atoms with Gasteiger partial charge in [0.1, 0.15) is 0 Å². The van der Waals surface area contributed by atoms with Crippen molar-refractivity contribution in [3.05, 3.63) is 67.3 Å². The lowest BCUT2D eigenvalue weighted by Crippen LogP contribution is -2.19. The molecule has 0 aliphatic carbocycles. The molecule has 18 heavy (non-hydrogen) atoms. The van der Waals surface area contributed by atoms with E-state index in [0.29, 0.717) is 10.0 Å². The maximum Gasteiger partial charge on any atom is 0.275 e. The SMILES string of the molecule is O=c1ccncn1Cc1ccc(Br)cc1[N+](=O)[O-]. The molecule has 2 rings (SSSR count). The predicted octanol–water partition coefficient (Wildman–Crippen LogP) is 1.96. The van der Waals surface area contributed by atoms with Crippen LogP contribution in [0.2, 0.25) is 0 Å². The quantitative estimate of drug-likeness (QED) is 0.641. The van der Waals surface area contributed by atoms with E-state index in [-0.39, 0.29) is 17.8 Å². The third-order valence-corrected chi connectivity index (χ3v) is 2.87. The number of rotatable bonds is 3. The van der Waals surface area contributed by atoms with Crippen molar-refractivity contribution in [1.29, 1.82) is 0 Å². The van der Waals surface area contributed by atoms with E-state index < -0.39 is 4.92 Å². The van der Waals surface area contributed by atoms with Crippen molar-refractivity contribution >= 4 is 21.6 Å². The van der Waals surface area contributed by atoms with Crippen LogP contribution in [0, 0.1) is 10.1 Å². The third-order valence-electron chi connectivity index (χ3n) is 2.38. The van der Waals surface area contributed by atoms with Gasteiger partial charge in [-0.2, -0.15) is 0 Å². The number of benzene rings is 1. The lowest BCUT2D eigenvalue weighted by atomic mass is 10.2. The topological polar surface area (TPSA) is 78.0 Å². The lowest BCUT2D eigenvalue weighted by molar-refractivity contribution is -0.385. The fourth-order valence-electron chi connectivity index (χ4n) is 1.52. The van der Waals surface area contributed by atoms with Gasteiger partial charge in [-0.25, -0.2) is 4.98 Å². The monoisotopic (exact) mass is 309 g/mol. The van der Waals surface area contributed by atoms with Gasteiger partial charge in [0, 0.05) is 28.4 Å². The molecular formula is C11H8BrN3O3. The Morgan fingerprint density at radius 2 is 2.17 bits per heavy atom. The third kappa shape index (κ3) is 2.62. The molecule has 1 aromatic carbocycles. The van der Waals surface area contributed by atoms with Crippen molar-refractivity contribution in [2.24, 2.45) is 0 Å². The minimum atomic E-state index is -0.471. The number of hydrogen-bond donors (Lipinski definition) is 0. The zero-order valence-electron chi connectivity index (χ0n) is 9.12. The highest BCUT2D eigenvalue weighted by atomic mass is 79.9. The summed E-state index contributed by atoms with van der Waals surface area (Å²) in [5.41, 5.74) is 0.181. The van der Waals surface area contributed by atoms with Gasteiger partial charge in [0.05, 0.1) is 17.8 Å². The van der Waals surface area contributed by atoms with Crippen LogP contribution in [0.5, 0.6) is 0 Å². The molecule has 1 heterocycles. The van der Waals surface area contributed by atoms with Gasteiger partial charge in [-0.3, -0.25) is 19.5 Å². The van der Waals surface area contributed by atoms with Crippen molar-refractivity contribution in [2.45, 2.75) is 6.54 Å². The van der Waals surface area contributed by atoms with Gasteiger partial charge in [-0.15, -0.1) is 0 Å². The first-order chi connectivity index (χ1) is 8.58. The molecule has 1 aromatic heterocycles. The van der Waals surface area contributed by atoms with Crippen LogP contribution in [0.1, 0.15) is 5.56 Å². The number of nitro benzene ring substituents is 1. The highest BCUT2D eigenvalue weighted by Crippen LogP contribution is 2.23. The smallest absolute Gasteiger partial charge is 0.275 e. The first kappa shape index (κ1) is 12.4. The van der Waals surface area contributed by atoms with Gasteiger partial charge in [0.2, 0.25) is 0 Å². The molecule has 0 amide bonds. The standard InChI is InChI=1S/C11H8BrN3O3/c12-9-2-1-8(10(5-9)15(17)18)6-14-7-13-4-3-11(14)16/h1-5,7H,6H2. The lowest BCUT2D eigenvalue weighted by Gasteiger charge is -2.05. The van der Waals surface area contributed by atoms with E-state index in [0.717, 1.165) is 0 Å². The van der Waals surface area contributed by atoms with E-state index in [1.165, 1.54) is 29.2 Å². The molecule has 0 bridgehead atoms. The van der Waals surface area contributed by atoms with Crippen LogP contribution >= 0.6 is 15.9 Å². The van der Waals surface area contributed by atoms with Gasteiger partial charge in [0.25, 0.3) is 11.2 Å². The zero-order chi connectivity index (χ0) is 13.1. The number of aromatic nitrogens is 2. The van der Waals surface area contributed by atoms with Crippen molar-refractivity contribution in [3.8, 4) is 0 Å². The van der Waals surface area contributed by atoms with E-state index in [4.69, 9.17) is 0 Å². The Hall–Kier alpha value is -2.02. The minimum Gasteiger partial charge on any atom is -0.295 e. The molecule has 0 fully saturated rings. The summed E-state index contributed by atoms with van der Waals surface area (Å²) in [5.74, 6) is 0. The number of nitrogens with zero attached hydrogens (tertiary/aromatic N) is 3. The van der Waals surface area contributed by atoms with E-state index in [9.17, 15) is 14.9 Å². The average Bonchev–Trinajstić information content (AvgIpc) is 2.34. The van der Waals surface area contributed by atoms with E-state index in [2.05, 4.69) is 20.9 Å².